The van der Waals surface area contributed by atoms with Crippen LogP contribution in [-0.4, -0.2) is 65.1 Å². The Morgan fingerprint density at radius 1 is 0.865 bits per heavy atom. The summed E-state index contributed by atoms with van der Waals surface area (Å²) in [6, 6.07) is 9.79. The summed E-state index contributed by atoms with van der Waals surface area (Å²) >= 11 is 6.37. The molecule has 0 bridgehead atoms. The molecule has 0 atom stereocenters. The highest BCUT2D eigenvalue weighted by Gasteiger charge is 2.22. The van der Waals surface area contributed by atoms with Crippen LogP contribution in [0.15, 0.2) is 39.9 Å². The molecule has 8 nitrogen and oxygen atoms in total. The molecule has 198 valence electrons. The molecule has 9 heteroatoms. The molecule has 3 aromatic rings. The first kappa shape index (κ1) is 25.8. The topological polar surface area (TPSA) is 66.6 Å². The zero-order valence-electron chi connectivity index (χ0n) is 22.0. The standard InChI is InChI=1S/C28H37ClN6O2/c1-21-20-22-25(26(30-21)34-13-6-3-7-14-34)28(37)31(2)35(27(22)36)15-9-8-12-32-16-18-33(19-17-32)24-11-5-4-10-23(24)29/h4-5,10-11,20H,3,6-9,12-19H2,1-2H3. The molecule has 37 heavy (non-hydrogen) atoms. The number of hydrogen-bond acceptors (Lipinski definition) is 6. The van der Waals surface area contributed by atoms with Crippen LogP contribution in [0.5, 0.6) is 0 Å². The molecule has 0 N–H and O–H groups in total. The number of piperazine rings is 1. The van der Waals surface area contributed by atoms with E-state index in [2.05, 4.69) is 20.8 Å². The van der Waals surface area contributed by atoms with Gasteiger partial charge in [0.1, 0.15) is 5.82 Å². The van der Waals surface area contributed by atoms with Gasteiger partial charge < -0.3 is 9.80 Å². The van der Waals surface area contributed by atoms with Gasteiger partial charge in [-0.2, -0.15) is 0 Å². The number of nitrogens with zero attached hydrogens (tertiary/aromatic N) is 6. The molecule has 2 aliphatic rings. The Morgan fingerprint density at radius 2 is 1.57 bits per heavy atom. The Labute approximate surface area is 223 Å². The van der Waals surface area contributed by atoms with Crippen molar-refractivity contribution in [1.82, 2.24) is 19.2 Å². The monoisotopic (exact) mass is 524 g/mol. The Kier molecular flexibility index (Phi) is 7.86. The molecule has 2 aliphatic heterocycles. The molecule has 0 unspecified atom stereocenters. The van der Waals surface area contributed by atoms with E-state index in [0.717, 1.165) is 87.9 Å². The van der Waals surface area contributed by atoms with Crippen LogP contribution in [0, 0.1) is 6.92 Å². The lowest BCUT2D eigenvalue weighted by Crippen LogP contribution is -2.46. The molecule has 4 heterocycles. The quantitative estimate of drug-likeness (QED) is 0.440. The summed E-state index contributed by atoms with van der Waals surface area (Å²) in [5.74, 6) is 0.676. The van der Waals surface area contributed by atoms with Crippen LogP contribution >= 0.6 is 11.6 Å². The van der Waals surface area contributed by atoms with Gasteiger partial charge in [0.05, 0.1) is 21.5 Å². The fraction of sp³-hybridized carbons (Fsp3) is 0.536. The zero-order valence-corrected chi connectivity index (χ0v) is 22.7. The first-order chi connectivity index (χ1) is 17.9. The highest BCUT2D eigenvalue weighted by Crippen LogP contribution is 2.26. The van der Waals surface area contributed by atoms with E-state index in [1.807, 2.05) is 25.1 Å². The van der Waals surface area contributed by atoms with Crippen LogP contribution < -0.4 is 20.9 Å². The number of pyridine rings is 1. The summed E-state index contributed by atoms with van der Waals surface area (Å²) in [5, 5.41) is 1.76. The van der Waals surface area contributed by atoms with Crippen molar-refractivity contribution in [3.8, 4) is 0 Å². The van der Waals surface area contributed by atoms with Gasteiger partial charge in [0.15, 0.2) is 0 Å². The van der Waals surface area contributed by atoms with Gasteiger partial charge in [0.2, 0.25) is 0 Å². The average Bonchev–Trinajstić information content (AvgIpc) is 2.92. The number of hydrogen-bond donors (Lipinski definition) is 0. The molecule has 2 saturated heterocycles. The summed E-state index contributed by atoms with van der Waals surface area (Å²) in [4.78, 5) is 38.6. The number of piperidine rings is 1. The lowest BCUT2D eigenvalue weighted by atomic mass is 10.1. The molecule has 2 aromatic heterocycles. The largest absolute Gasteiger partial charge is 0.368 e. The molecule has 0 spiro atoms. The predicted molar refractivity (Wildman–Crippen MR) is 151 cm³/mol. The van der Waals surface area contributed by atoms with Crippen LogP contribution in [0.1, 0.15) is 37.8 Å². The molecule has 0 amide bonds. The minimum Gasteiger partial charge on any atom is -0.368 e. The minimum absolute atomic E-state index is 0.103. The van der Waals surface area contributed by atoms with Crippen molar-refractivity contribution in [2.45, 2.75) is 45.6 Å². The number of unbranched alkanes of at least 4 members (excludes halogenated alkanes) is 1. The Balaban J connectivity index is 1.24. The maximum Gasteiger partial charge on any atom is 0.276 e. The van der Waals surface area contributed by atoms with E-state index in [1.165, 1.54) is 11.1 Å². The predicted octanol–water partition coefficient (Wildman–Crippen LogP) is 3.65. The van der Waals surface area contributed by atoms with Gasteiger partial charge in [-0.25, -0.2) is 9.67 Å². The van der Waals surface area contributed by atoms with Crippen molar-refractivity contribution in [2.24, 2.45) is 7.05 Å². The average molecular weight is 525 g/mol. The molecule has 0 radical (unpaired) electrons. The number of anilines is 2. The summed E-state index contributed by atoms with van der Waals surface area (Å²) in [7, 11) is 1.71. The Bertz CT molecular complexity index is 1370. The second-order valence-electron chi connectivity index (χ2n) is 10.3. The summed E-state index contributed by atoms with van der Waals surface area (Å²) in [5.41, 5.74) is 1.64. The third-order valence-corrected chi connectivity index (χ3v) is 8.10. The van der Waals surface area contributed by atoms with Crippen molar-refractivity contribution < 1.29 is 0 Å². The third kappa shape index (κ3) is 5.41. The maximum absolute atomic E-state index is 13.5. The molecule has 5 rings (SSSR count). The smallest absolute Gasteiger partial charge is 0.276 e. The summed E-state index contributed by atoms with van der Waals surface area (Å²) < 4.78 is 3.11. The maximum atomic E-state index is 13.5. The lowest BCUT2D eigenvalue weighted by molar-refractivity contribution is 0.249. The number of aromatic nitrogens is 3. The van der Waals surface area contributed by atoms with Gasteiger partial charge in [-0.05, 0) is 63.8 Å². The van der Waals surface area contributed by atoms with Crippen LogP contribution in [-0.2, 0) is 13.6 Å². The Morgan fingerprint density at radius 3 is 2.30 bits per heavy atom. The van der Waals surface area contributed by atoms with Crippen molar-refractivity contribution in [3.05, 3.63) is 61.8 Å². The summed E-state index contributed by atoms with van der Waals surface area (Å²) in [6.07, 6.45) is 5.18. The van der Waals surface area contributed by atoms with Crippen LogP contribution in [0.4, 0.5) is 11.5 Å². The fourth-order valence-electron chi connectivity index (χ4n) is 5.69. The van der Waals surface area contributed by atoms with E-state index >= 15 is 0 Å². The summed E-state index contributed by atoms with van der Waals surface area (Å²) in [6.45, 7) is 9.06. The van der Waals surface area contributed by atoms with Gasteiger partial charge in [0, 0.05) is 58.6 Å². The second kappa shape index (κ2) is 11.3. The van der Waals surface area contributed by atoms with Gasteiger partial charge >= 0.3 is 0 Å². The Hall–Kier alpha value is -2.84. The molecular formula is C28H37ClN6O2. The highest BCUT2D eigenvalue weighted by molar-refractivity contribution is 6.33. The van der Waals surface area contributed by atoms with Gasteiger partial charge in [-0.15, -0.1) is 0 Å². The van der Waals surface area contributed by atoms with Crippen molar-refractivity contribution in [1.29, 1.82) is 0 Å². The van der Waals surface area contributed by atoms with Crippen molar-refractivity contribution >= 4 is 33.9 Å². The highest BCUT2D eigenvalue weighted by atomic mass is 35.5. The third-order valence-electron chi connectivity index (χ3n) is 7.78. The second-order valence-corrected chi connectivity index (χ2v) is 10.7. The van der Waals surface area contributed by atoms with Gasteiger partial charge in [0.25, 0.3) is 11.1 Å². The van der Waals surface area contributed by atoms with Crippen LogP contribution in [0.3, 0.4) is 0 Å². The number of benzene rings is 1. The van der Waals surface area contributed by atoms with Crippen LogP contribution in [0.2, 0.25) is 5.02 Å². The number of rotatable bonds is 7. The lowest BCUT2D eigenvalue weighted by Gasteiger charge is -2.36. The van der Waals surface area contributed by atoms with Crippen molar-refractivity contribution in [2.75, 3.05) is 55.6 Å². The number of halogens is 1. The van der Waals surface area contributed by atoms with E-state index < -0.39 is 0 Å². The minimum atomic E-state index is -0.140. The van der Waals surface area contributed by atoms with E-state index in [0.29, 0.717) is 23.1 Å². The molecule has 0 saturated carbocycles. The first-order valence-corrected chi connectivity index (χ1v) is 13.9. The first-order valence-electron chi connectivity index (χ1n) is 13.5. The molecule has 1 aromatic carbocycles. The zero-order chi connectivity index (χ0) is 25.9. The van der Waals surface area contributed by atoms with Gasteiger partial charge in [-0.1, -0.05) is 23.7 Å². The molecular weight excluding hydrogens is 488 g/mol. The SMILES string of the molecule is Cc1cc2c(=O)n(CCCCN3CCN(c4ccccc4Cl)CC3)n(C)c(=O)c2c(N2CCCCC2)n1. The van der Waals surface area contributed by atoms with E-state index in [9.17, 15) is 9.59 Å². The van der Waals surface area contributed by atoms with Gasteiger partial charge in [-0.3, -0.25) is 19.2 Å². The number of aryl methyl sites for hydroxylation is 1. The fourth-order valence-corrected chi connectivity index (χ4v) is 5.94. The van der Waals surface area contributed by atoms with E-state index in [1.54, 1.807) is 17.8 Å². The van der Waals surface area contributed by atoms with Crippen LogP contribution in [0.25, 0.3) is 10.8 Å². The number of fused-ring (bicyclic) bond motifs is 1. The number of para-hydroxylation sites is 1. The van der Waals surface area contributed by atoms with E-state index in [4.69, 9.17) is 16.6 Å². The molecule has 2 fully saturated rings. The van der Waals surface area contributed by atoms with Crippen molar-refractivity contribution in [3.63, 3.8) is 0 Å². The van der Waals surface area contributed by atoms with E-state index in [-0.39, 0.29) is 11.1 Å². The molecule has 0 aliphatic carbocycles. The normalized spacial score (nSPS) is 17.1.